The van der Waals surface area contributed by atoms with Gasteiger partial charge in [-0.3, -0.25) is 4.79 Å². The number of hydrogen-bond acceptors (Lipinski definition) is 4. The Morgan fingerprint density at radius 2 is 1.84 bits per heavy atom. The van der Waals surface area contributed by atoms with Gasteiger partial charge in [0.05, 0.1) is 6.10 Å². The molecule has 0 bridgehead atoms. The Balaban J connectivity index is 1.54. The predicted molar refractivity (Wildman–Crippen MR) is 146 cm³/mol. The largest absolute Gasteiger partial charge is 0.478 e. The Bertz CT molecular complexity index is 1020. The summed E-state index contributed by atoms with van der Waals surface area (Å²) in [6.45, 7) is 19.5. The number of carbonyl (C=O) groups is 2. The molecule has 5 nitrogen and oxygen atoms in total. The number of hydrogen-bond donors (Lipinski definition) is 2. The van der Waals surface area contributed by atoms with E-state index in [1.54, 1.807) is 5.57 Å². The zero-order chi connectivity index (χ0) is 27.5. The standard InChI is InChI=1S/C32H48O5/c1-18(15-22(34)16-19(2)29(35)36)23-11-13-31(7)24-9-10-27-30(5,6)28(37-21(4)33)12-14-32(27,8)26(24)17-25(31)20(23)3/h9,16,18,22-23,25-28,34H,3,10-15,17H2,1-2,4-8H3,(H,35,36)/b19-16+/t18-,22-,23-,25?,26+,27+,28-,31+,32-/m1/s1. The van der Waals surface area contributed by atoms with Gasteiger partial charge in [0.2, 0.25) is 0 Å². The van der Waals surface area contributed by atoms with Crippen LogP contribution in [-0.4, -0.2) is 34.4 Å². The molecule has 4 aliphatic rings. The minimum Gasteiger partial charge on any atom is -0.478 e. The fourth-order valence-corrected chi connectivity index (χ4v) is 9.33. The van der Waals surface area contributed by atoms with Crippen molar-refractivity contribution in [3.05, 3.63) is 35.5 Å². The molecule has 37 heavy (non-hydrogen) atoms. The summed E-state index contributed by atoms with van der Waals surface area (Å²) < 4.78 is 5.82. The number of carboxylic acids is 1. The van der Waals surface area contributed by atoms with Crippen LogP contribution in [0.15, 0.2) is 35.5 Å². The van der Waals surface area contributed by atoms with Gasteiger partial charge in [-0.2, -0.15) is 0 Å². The highest BCUT2D eigenvalue weighted by molar-refractivity contribution is 5.85. The number of ether oxygens (including phenoxy) is 1. The highest BCUT2D eigenvalue weighted by Crippen LogP contribution is 2.70. The lowest BCUT2D eigenvalue weighted by Gasteiger charge is -2.58. The molecule has 5 heteroatoms. The average molecular weight is 513 g/mol. The van der Waals surface area contributed by atoms with Crippen LogP contribution in [0.4, 0.5) is 0 Å². The molecule has 0 spiro atoms. The summed E-state index contributed by atoms with van der Waals surface area (Å²) in [6.07, 6.45) is 10.2. The van der Waals surface area contributed by atoms with Crippen LogP contribution in [0.3, 0.4) is 0 Å². The van der Waals surface area contributed by atoms with E-state index in [0.717, 1.165) is 38.5 Å². The lowest BCUT2D eigenvalue weighted by atomic mass is 9.47. The van der Waals surface area contributed by atoms with Crippen molar-refractivity contribution in [3.63, 3.8) is 0 Å². The number of carboxylic acid groups (broad SMARTS) is 1. The van der Waals surface area contributed by atoms with Crippen LogP contribution in [0.2, 0.25) is 0 Å². The minimum atomic E-state index is -0.983. The van der Waals surface area contributed by atoms with Crippen molar-refractivity contribution in [2.24, 2.45) is 45.8 Å². The van der Waals surface area contributed by atoms with Crippen LogP contribution in [0, 0.1) is 45.8 Å². The zero-order valence-electron chi connectivity index (χ0n) is 24.0. The van der Waals surface area contributed by atoms with E-state index in [-0.39, 0.29) is 39.8 Å². The van der Waals surface area contributed by atoms with Crippen molar-refractivity contribution >= 4 is 11.9 Å². The Kier molecular flexibility index (Phi) is 7.38. The van der Waals surface area contributed by atoms with Crippen LogP contribution in [0.25, 0.3) is 0 Å². The third-order valence-electron chi connectivity index (χ3n) is 11.4. The average Bonchev–Trinajstić information content (AvgIpc) is 3.10. The molecule has 3 saturated carbocycles. The van der Waals surface area contributed by atoms with Gasteiger partial charge in [-0.1, -0.05) is 58.4 Å². The summed E-state index contributed by atoms with van der Waals surface area (Å²) in [5.74, 6) is 0.846. The number of allylic oxidation sites excluding steroid dienone is 3. The lowest BCUT2D eigenvalue weighted by molar-refractivity contribution is -0.171. The summed E-state index contributed by atoms with van der Waals surface area (Å²) in [7, 11) is 0. The van der Waals surface area contributed by atoms with E-state index in [1.807, 2.05) is 0 Å². The highest BCUT2D eigenvalue weighted by Gasteiger charge is 2.63. The zero-order valence-corrected chi connectivity index (χ0v) is 24.0. The third kappa shape index (κ3) is 4.64. The molecule has 4 rings (SSSR count). The molecule has 0 aromatic rings. The van der Waals surface area contributed by atoms with E-state index in [1.165, 1.54) is 25.5 Å². The van der Waals surface area contributed by atoms with Crippen molar-refractivity contribution < 1.29 is 24.5 Å². The van der Waals surface area contributed by atoms with Crippen molar-refractivity contribution in [1.82, 2.24) is 0 Å². The quantitative estimate of drug-likeness (QED) is 0.235. The SMILES string of the molecule is C=C1C2C[C@H]3C(=CC[C@H]4C(C)(C)[C@H](OC(C)=O)CC[C@]34C)[C@]2(C)CC[C@@H]1[C@H](C)C[C@@H](O)/C=C(\C)C(=O)O. The maximum absolute atomic E-state index is 11.8. The normalized spacial score (nSPS) is 40.5. The van der Waals surface area contributed by atoms with Gasteiger partial charge in [0.15, 0.2) is 0 Å². The summed E-state index contributed by atoms with van der Waals surface area (Å²) >= 11 is 0. The molecule has 4 aliphatic carbocycles. The van der Waals surface area contributed by atoms with Crippen LogP contribution in [-0.2, 0) is 14.3 Å². The lowest BCUT2D eigenvalue weighted by Crippen LogP contribution is -2.55. The molecular formula is C32H48O5. The van der Waals surface area contributed by atoms with Gasteiger partial charge >= 0.3 is 11.9 Å². The predicted octanol–water partition coefficient (Wildman–Crippen LogP) is 6.72. The maximum Gasteiger partial charge on any atom is 0.331 e. The number of esters is 1. The molecule has 3 fully saturated rings. The van der Waals surface area contributed by atoms with E-state index in [9.17, 15) is 14.7 Å². The molecule has 0 saturated heterocycles. The molecule has 0 aromatic heterocycles. The summed E-state index contributed by atoms with van der Waals surface area (Å²) in [6, 6.07) is 0. The Morgan fingerprint density at radius 1 is 1.16 bits per heavy atom. The molecule has 0 heterocycles. The first-order valence-electron chi connectivity index (χ1n) is 14.3. The molecule has 0 aliphatic heterocycles. The van der Waals surface area contributed by atoms with Gasteiger partial charge in [0.1, 0.15) is 6.10 Å². The third-order valence-corrected chi connectivity index (χ3v) is 11.4. The number of rotatable bonds is 6. The number of aliphatic hydroxyl groups is 1. The van der Waals surface area contributed by atoms with Crippen molar-refractivity contribution in [2.75, 3.05) is 0 Å². The van der Waals surface area contributed by atoms with Gasteiger partial charge in [-0.05, 0) is 98.4 Å². The number of aliphatic carboxylic acids is 1. The minimum absolute atomic E-state index is 0.0253. The second-order valence-corrected chi connectivity index (χ2v) is 13.8. The fraction of sp³-hybridized carbons (Fsp3) is 0.750. The Labute approximate surface area is 223 Å². The van der Waals surface area contributed by atoms with Gasteiger partial charge in [0.25, 0.3) is 0 Å². The van der Waals surface area contributed by atoms with Crippen molar-refractivity contribution in [2.45, 2.75) is 106 Å². The van der Waals surface area contributed by atoms with Crippen LogP contribution >= 0.6 is 0 Å². The summed E-state index contributed by atoms with van der Waals surface area (Å²) in [4.78, 5) is 23.0. The van der Waals surface area contributed by atoms with Gasteiger partial charge in [-0.15, -0.1) is 0 Å². The molecule has 206 valence electrons. The number of aliphatic hydroxyl groups excluding tert-OH is 1. The molecule has 1 unspecified atom stereocenters. The monoisotopic (exact) mass is 512 g/mol. The molecule has 9 atom stereocenters. The summed E-state index contributed by atoms with van der Waals surface area (Å²) in [5, 5.41) is 19.7. The van der Waals surface area contributed by atoms with Gasteiger partial charge in [-0.25, -0.2) is 4.79 Å². The van der Waals surface area contributed by atoms with Crippen LogP contribution in [0.1, 0.15) is 93.4 Å². The van der Waals surface area contributed by atoms with E-state index in [4.69, 9.17) is 9.84 Å². The number of carbonyl (C=O) groups excluding carboxylic acids is 1. The molecule has 0 amide bonds. The topological polar surface area (TPSA) is 83.8 Å². The van der Waals surface area contributed by atoms with Crippen molar-refractivity contribution in [3.8, 4) is 0 Å². The van der Waals surface area contributed by atoms with Gasteiger partial charge < -0.3 is 14.9 Å². The number of fused-ring (bicyclic) bond motifs is 5. The highest BCUT2D eigenvalue weighted by atomic mass is 16.5. The van der Waals surface area contributed by atoms with E-state index >= 15 is 0 Å². The first kappa shape index (κ1) is 28.1. The first-order valence-corrected chi connectivity index (χ1v) is 14.3. The van der Waals surface area contributed by atoms with E-state index in [2.05, 4.69) is 47.3 Å². The summed E-state index contributed by atoms with van der Waals surface area (Å²) in [5.41, 5.74) is 3.42. The molecular weight excluding hydrogens is 464 g/mol. The Hall–Kier alpha value is -1.88. The molecule has 2 N–H and O–H groups in total. The maximum atomic E-state index is 11.8. The van der Waals surface area contributed by atoms with Crippen LogP contribution < -0.4 is 0 Å². The molecule has 0 aromatic carbocycles. The van der Waals surface area contributed by atoms with E-state index in [0.29, 0.717) is 30.1 Å². The second kappa shape index (κ2) is 9.70. The molecule has 0 radical (unpaired) electrons. The first-order chi connectivity index (χ1) is 17.1. The van der Waals surface area contributed by atoms with Crippen molar-refractivity contribution in [1.29, 1.82) is 0 Å². The van der Waals surface area contributed by atoms with E-state index < -0.39 is 12.1 Å². The Morgan fingerprint density at radius 3 is 2.46 bits per heavy atom. The smallest absolute Gasteiger partial charge is 0.331 e. The van der Waals surface area contributed by atoms with Crippen LogP contribution in [0.5, 0.6) is 0 Å². The van der Waals surface area contributed by atoms with Gasteiger partial charge in [0, 0.05) is 17.9 Å². The second-order valence-electron chi connectivity index (χ2n) is 13.8. The fourth-order valence-electron chi connectivity index (χ4n) is 9.33.